The van der Waals surface area contributed by atoms with Crippen LogP contribution in [0.3, 0.4) is 0 Å². The lowest BCUT2D eigenvalue weighted by Crippen LogP contribution is -2.12. The number of nitrogens with one attached hydrogen (secondary N) is 1. The molecule has 0 aliphatic carbocycles. The number of hydrogen-bond acceptors (Lipinski definition) is 2. The Balaban J connectivity index is 1.90. The zero-order chi connectivity index (χ0) is 15.6. The molecule has 1 N–H and O–H groups in total. The van der Waals surface area contributed by atoms with Gasteiger partial charge in [0.05, 0.1) is 17.6 Å². The van der Waals surface area contributed by atoms with E-state index in [4.69, 9.17) is 0 Å². The first kappa shape index (κ1) is 14.2. The zero-order valence-electron chi connectivity index (χ0n) is 12.7. The third-order valence-electron chi connectivity index (χ3n) is 4.42. The second kappa shape index (κ2) is 5.97. The van der Waals surface area contributed by atoms with Gasteiger partial charge < -0.3 is 5.32 Å². The molecule has 4 heteroatoms. The molecule has 23 heavy (non-hydrogen) atoms. The van der Waals surface area contributed by atoms with Crippen LogP contribution in [0.15, 0.2) is 60.8 Å². The molecule has 1 atom stereocenters. The van der Waals surface area contributed by atoms with Crippen molar-refractivity contribution < 1.29 is 4.39 Å². The molecule has 1 fully saturated rings. The van der Waals surface area contributed by atoms with E-state index in [0.29, 0.717) is 11.5 Å². The van der Waals surface area contributed by atoms with Gasteiger partial charge >= 0.3 is 0 Å². The van der Waals surface area contributed by atoms with E-state index in [2.05, 4.69) is 10.4 Å². The second-order valence-corrected chi connectivity index (χ2v) is 5.86. The highest BCUT2D eigenvalue weighted by molar-refractivity contribution is 5.67. The minimum Gasteiger partial charge on any atom is -0.316 e. The SMILES string of the molecule is Fc1ccccc1-c1cnn(-c2ccccc2)c1C1CCNC1. The first-order valence-corrected chi connectivity index (χ1v) is 7.93. The van der Waals surface area contributed by atoms with Gasteiger partial charge in [0.1, 0.15) is 5.82 Å². The van der Waals surface area contributed by atoms with Gasteiger partial charge in [-0.15, -0.1) is 0 Å². The van der Waals surface area contributed by atoms with Crippen LogP contribution >= 0.6 is 0 Å². The Labute approximate surface area is 134 Å². The summed E-state index contributed by atoms with van der Waals surface area (Å²) < 4.78 is 16.3. The lowest BCUT2D eigenvalue weighted by Gasteiger charge is -2.15. The Morgan fingerprint density at radius 3 is 2.52 bits per heavy atom. The van der Waals surface area contributed by atoms with Crippen LogP contribution < -0.4 is 5.32 Å². The molecule has 1 aliphatic rings. The van der Waals surface area contributed by atoms with Crippen LogP contribution in [0.1, 0.15) is 18.0 Å². The molecule has 2 heterocycles. The molecule has 1 saturated heterocycles. The summed E-state index contributed by atoms with van der Waals surface area (Å²) in [6.07, 6.45) is 2.83. The van der Waals surface area contributed by atoms with E-state index in [0.717, 1.165) is 36.5 Å². The van der Waals surface area contributed by atoms with Gasteiger partial charge in [-0.1, -0.05) is 36.4 Å². The van der Waals surface area contributed by atoms with Crippen LogP contribution in [0.2, 0.25) is 0 Å². The fourth-order valence-electron chi connectivity index (χ4n) is 3.30. The zero-order valence-corrected chi connectivity index (χ0v) is 12.7. The molecule has 4 rings (SSSR count). The Kier molecular flexibility index (Phi) is 3.67. The Morgan fingerprint density at radius 2 is 1.78 bits per heavy atom. The van der Waals surface area contributed by atoms with Gasteiger partial charge in [-0.25, -0.2) is 9.07 Å². The van der Waals surface area contributed by atoms with Gasteiger partial charge in [-0.2, -0.15) is 5.10 Å². The summed E-state index contributed by atoms with van der Waals surface area (Å²) >= 11 is 0. The van der Waals surface area contributed by atoms with Gasteiger partial charge in [0.2, 0.25) is 0 Å². The van der Waals surface area contributed by atoms with Crippen molar-refractivity contribution in [2.45, 2.75) is 12.3 Å². The van der Waals surface area contributed by atoms with Crippen LogP contribution in [-0.4, -0.2) is 22.9 Å². The van der Waals surface area contributed by atoms with Crippen molar-refractivity contribution in [1.82, 2.24) is 15.1 Å². The summed E-state index contributed by atoms with van der Waals surface area (Å²) in [5.41, 5.74) is 3.61. The molecular weight excluding hydrogens is 289 g/mol. The van der Waals surface area contributed by atoms with Crippen molar-refractivity contribution in [3.8, 4) is 16.8 Å². The predicted octanol–water partition coefficient (Wildman–Crippen LogP) is 3.76. The normalized spacial score (nSPS) is 17.5. The fraction of sp³-hybridized carbons (Fsp3) is 0.211. The Morgan fingerprint density at radius 1 is 1.00 bits per heavy atom. The average Bonchev–Trinajstić information content (AvgIpc) is 3.25. The lowest BCUT2D eigenvalue weighted by molar-refractivity contribution is 0.630. The maximum Gasteiger partial charge on any atom is 0.131 e. The van der Waals surface area contributed by atoms with Crippen LogP contribution in [0.4, 0.5) is 4.39 Å². The summed E-state index contributed by atoms with van der Waals surface area (Å²) in [5.74, 6) is 0.139. The van der Waals surface area contributed by atoms with Crippen molar-refractivity contribution in [2.24, 2.45) is 0 Å². The monoisotopic (exact) mass is 307 g/mol. The number of benzene rings is 2. The van der Waals surface area contributed by atoms with Crippen molar-refractivity contribution >= 4 is 0 Å². The molecule has 2 aromatic carbocycles. The largest absolute Gasteiger partial charge is 0.316 e. The molecule has 1 aromatic heterocycles. The highest BCUT2D eigenvalue weighted by Gasteiger charge is 2.26. The van der Waals surface area contributed by atoms with Crippen molar-refractivity contribution in [1.29, 1.82) is 0 Å². The van der Waals surface area contributed by atoms with E-state index < -0.39 is 0 Å². The Bertz CT molecular complexity index is 804. The number of aromatic nitrogens is 2. The Hall–Kier alpha value is -2.46. The average molecular weight is 307 g/mol. The molecular formula is C19H18FN3. The standard InChI is InChI=1S/C19H18FN3/c20-18-9-5-4-8-16(18)17-13-22-23(15-6-2-1-3-7-15)19(17)14-10-11-21-12-14/h1-9,13-14,21H,10-12H2. The number of hydrogen-bond donors (Lipinski definition) is 1. The van der Waals surface area contributed by atoms with Crippen LogP contribution in [0.5, 0.6) is 0 Å². The van der Waals surface area contributed by atoms with Crippen LogP contribution in [-0.2, 0) is 0 Å². The van der Waals surface area contributed by atoms with E-state index in [-0.39, 0.29) is 5.82 Å². The summed E-state index contributed by atoms with van der Waals surface area (Å²) in [5, 5.41) is 7.97. The second-order valence-electron chi connectivity index (χ2n) is 5.86. The third-order valence-corrected chi connectivity index (χ3v) is 4.42. The first-order valence-electron chi connectivity index (χ1n) is 7.93. The summed E-state index contributed by atoms with van der Waals surface area (Å²) in [6.45, 7) is 1.89. The molecule has 0 radical (unpaired) electrons. The molecule has 1 unspecified atom stereocenters. The van der Waals surface area contributed by atoms with Crippen LogP contribution in [0, 0.1) is 5.82 Å². The maximum atomic E-state index is 14.3. The molecule has 3 aromatic rings. The van der Waals surface area contributed by atoms with Gasteiger partial charge in [0.25, 0.3) is 0 Å². The molecule has 3 nitrogen and oxygen atoms in total. The molecule has 116 valence electrons. The highest BCUT2D eigenvalue weighted by atomic mass is 19.1. The topological polar surface area (TPSA) is 29.9 Å². The number of halogens is 1. The summed E-state index contributed by atoms with van der Waals surface area (Å²) in [4.78, 5) is 0. The number of nitrogens with zero attached hydrogens (tertiary/aromatic N) is 2. The smallest absolute Gasteiger partial charge is 0.131 e. The quantitative estimate of drug-likeness (QED) is 0.798. The van der Waals surface area contributed by atoms with E-state index in [1.54, 1.807) is 12.3 Å². The lowest BCUT2D eigenvalue weighted by atomic mass is 9.96. The van der Waals surface area contributed by atoms with E-state index in [9.17, 15) is 4.39 Å². The minimum atomic E-state index is -0.202. The minimum absolute atomic E-state index is 0.202. The van der Waals surface area contributed by atoms with Crippen molar-refractivity contribution in [3.63, 3.8) is 0 Å². The summed E-state index contributed by atoms with van der Waals surface area (Å²) in [7, 11) is 0. The predicted molar refractivity (Wildman–Crippen MR) is 89.2 cm³/mol. The summed E-state index contributed by atoms with van der Waals surface area (Å²) in [6, 6.07) is 17.0. The van der Waals surface area contributed by atoms with Crippen LogP contribution in [0.25, 0.3) is 16.8 Å². The molecule has 0 spiro atoms. The molecule has 0 amide bonds. The van der Waals surface area contributed by atoms with Crippen molar-refractivity contribution in [2.75, 3.05) is 13.1 Å². The fourth-order valence-corrected chi connectivity index (χ4v) is 3.30. The van der Waals surface area contributed by atoms with Gasteiger partial charge in [-0.05, 0) is 31.2 Å². The first-order chi connectivity index (χ1) is 11.3. The van der Waals surface area contributed by atoms with E-state index >= 15 is 0 Å². The third kappa shape index (κ3) is 2.55. The van der Waals surface area contributed by atoms with Gasteiger partial charge in [0.15, 0.2) is 0 Å². The molecule has 0 bridgehead atoms. The van der Waals surface area contributed by atoms with Gasteiger partial charge in [-0.3, -0.25) is 0 Å². The number of rotatable bonds is 3. The number of para-hydroxylation sites is 1. The van der Waals surface area contributed by atoms with E-state index in [1.165, 1.54) is 6.07 Å². The maximum absolute atomic E-state index is 14.3. The molecule has 1 aliphatic heterocycles. The van der Waals surface area contributed by atoms with E-state index in [1.807, 2.05) is 47.1 Å². The highest BCUT2D eigenvalue weighted by Crippen LogP contribution is 2.35. The molecule has 0 saturated carbocycles. The van der Waals surface area contributed by atoms with Crippen molar-refractivity contribution in [3.05, 3.63) is 72.3 Å². The van der Waals surface area contributed by atoms with Gasteiger partial charge in [0, 0.05) is 23.6 Å².